The van der Waals surface area contributed by atoms with Gasteiger partial charge in [0.25, 0.3) is 0 Å². The van der Waals surface area contributed by atoms with E-state index >= 15 is 0 Å². The maximum Gasteiger partial charge on any atom is 0.168 e. The molecule has 1 saturated heterocycles. The number of rotatable bonds is 5. The summed E-state index contributed by atoms with van der Waals surface area (Å²) in [5.74, 6) is 1.19. The average molecular weight is 262 g/mol. The van der Waals surface area contributed by atoms with Crippen molar-refractivity contribution < 1.29 is 4.74 Å². The van der Waals surface area contributed by atoms with E-state index in [4.69, 9.17) is 17.0 Å². The Morgan fingerprint density at radius 3 is 3.12 bits per heavy atom. The molecule has 1 N–H and O–H groups in total. The van der Waals surface area contributed by atoms with Gasteiger partial charge in [0.15, 0.2) is 5.11 Å². The third-order valence-corrected chi connectivity index (χ3v) is 4.46. The summed E-state index contributed by atoms with van der Waals surface area (Å²) in [4.78, 5) is 2.30. The molecule has 0 spiro atoms. The highest BCUT2D eigenvalue weighted by atomic mass is 32.2. The van der Waals surface area contributed by atoms with Crippen LogP contribution in [0.3, 0.4) is 0 Å². The van der Waals surface area contributed by atoms with Gasteiger partial charge >= 0.3 is 0 Å². The minimum absolute atomic E-state index is 0.743. The van der Waals surface area contributed by atoms with Crippen LogP contribution in [0.1, 0.15) is 19.8 Å². The highest BCUT2D eigenvalue weighted by Crippen LogP contribution is 2.20. The van der Waals surface area contributed by atoms with Gasteiger partial charge in [-0.3, -0.25) is 0 Å². The van der Waals surface area contributed by atoms with E-state index in [9.17, 15) is 0 Å². The molecule has 0 aromatic carbocycles. The fourth-order valence-corrected chi connectivity index (χ4v) is 3.12. The monoisotopic (exact) mass is 262 g/mol. The van der Waals surface area contributed by atoms with Crippen LogP contribution >= 0.6 is 24.0 Å². The fourth-order valence-electron chi connectivity index (χ4n) is 1.67. The highest BCUT2D eigenvalue weighted by molar-refractivity contribution is 8.00. The molecule has 1 aliphatic heterocycles. The number of nitrogens with zero attached hydrogens (tertiary/aromatic N) is 1. The van der Waals surface area contributed by atoms with Crippen molar-refractivity contribution >= 4 is 29.1 Å². The van der Waals surface area contributed by atoms with Gasteiger partial charge in [-0.25, -0.2) is 0 Å². The molecular formula is C11H22N2OS2. The lowest BCUT2D eigenvalue weighted by molar-refractivity contribution is 0.195. The summed E-state index contributed by atoms with van der Waals surface area (Å²) in [6.45, 7) is 6.13. The Morgan fingerprint density at radius 1 is 1.62 bits per heavy atom. The summed E-state index contributed by atoms with van der Waals surface area (Å²) >= 11 is 7.46. The number of thiocarbonyl (C=S) groups is 1. The molecule has 3 nitrogen and oxygen atoms in total. The van der Waals surface area contributed by atoms with E-state index in [1.54, 1.807) is 7.11 Å². The van der Waals surface area contributed by atoms with Gasteiger partial charge in [-0.1, -0.05) is 6.92 Å². The quantitative estimate of drug-likeness (QED) is 0.601. The first-order valence-corrected chi connectivity index (χ1v) is 7.37. The van der Waals surface area contributed by atoms with E-state index in [1.165, 1.54) is 12.2 Å². The van der Waals surface area contributed by atoms with Gasteiger partial charge in [0.1, 0.15) is 0 Å². The lowest BCUT2D eigenvalue weighted by Crippen LogP contribution is -2.47. The number of hydrogen-bond acceptors (Lipinski definition) is 3. The maximum absolute atomic E-state index is 5.39. The van der Waals surface area contributed by atoms with Crippen molar-refractivity contribution in [2.45, 2.75) is 25.0 Å². The molecule has 0 aromatic rings. The van der Waals surface area contributed by atoms with Crippen molar-refractivity contribution in [3.63, 3.8) is 0 Å². The molecule has 94 valence electrons. The van der Waals surface area contributed by atoms with E-state index in [0.717, 1.165) is 43.0 Å². The molecule has 1 aliphatic rings. The van der Waals surface area contributed by atoms with Crippen molar-refractivity contribution in [2.24, 2.45) is 0 Å². The molecule has 0 radical (unpaired) electrons. The van der Waals surface area contributed by atoms with E-state index in [2.05, 4.69) is 28.9 Å². The van der Waals surface area contributed by atoms with Gasteiger partial charge in [-0.05, 0) is 25.1 Å². The number of ether oxygens (including phenoxy) is 1. The second-order valence-corrected chi connectivity index (χ2v) is 5.72. The Balaban J connectivity index is 2.19. The maximum atomic E-state index is 5.39. The van der Waals surface area contributed by atoms with Gasteiger partial charge in [-0.2, -0.15) is 11.8 Å². The Morgan fingerprint density at radius 2 is 2.44 bits per heavy atom. The molecule has 1 fully saturated rings. The number of hydrogen-bond donors (Lipinski definition) is 1. The second kappa shape index (κ2) is 8.14. The Bertz CT molecular complexity index is 214. The minimum atomic E-state index is 0.743. The van der Waals surface area contributed by atoms with Gasteiger partial charge in [0.2, 0.25) is 0 Å². The lowest BCUT2D eigenvalue weighted by atomic mass is 10.3. The molecule has 0 amide bonds. The van der Waals surface area contributed by atoms with E-state index in [-0.39, 0.29) is 0 Å². The van der Waals surface area contributed by atoms with Crippen molar-refractivity contribution in [2.75, 3.05) is 39.1 Å². The molecular weight excluding hydrogens is 240 g/mol. The van der Waals surface area contributed by atoms with Crippen LogP contribution in [0.5, 0.6) is 0 Å². The molecule has 0 bridgehead atoms. The van der Waals surface area contributed by atoms with Gasteiger partial charge in [-0.15, -0.1) is 0 Å². The third kappa shape index (κ3) is 4.89. The summed E-state index contributed by atoms with van der Waals surface area (Å²) in [7, 11) is 1.73. The molecule has 5 heteroatoms. The Kier molecular flexibility index (Phi) is 7.16. The van der Waals surface area contributed by atoms with E-state index in [1.807, 2.05) is 0 Å². The van der Waals surface area contributed by atoms with Crippen LogP contribution in [-0.2, 0) is 4.74 Å². The Hall–Kier alpha value is -0.0000000000000000555. The molecule has 1 heterocycles. The highest BCUT2D eigenvalue weighted by Gasteiger charge is 2.20. The summed E-state index contributed by atoms with van der Waals surface area (Å²) in [5.41, 5.74) is 0. The zero-order valence-corrected chi connectivity index (χ0v) is 11.8. The first kappa shape index (κ1) is 14.1. The zero-order valence-electron chi connectivity index (χ0n) is 10.2. The Labute approximate surface area is 108 Å². The van der Waals surface area contributed by atoms with Crippen LogP contribution in [0.2, 0.25) is 0 Å². The molecule has 0 aliphatic carbocycles. The zero-order chi connectivity index (χ0) is 11.8. The second-order valence-electron chi connectivity index (χ2n) is 3.93. The summed E-state index contributed by atoms with van der Waals surface area (Å²) in [6.07, 6.45) is 2.24. The normalized spacial score (nSPS) is 20.9. The molecule has 1 rings (SSSR count). The van der Waals surface area contributed by atoms with Gasteiger partial charge < -0.3 is 15.0 Å². The van der Waals surface area contributed by atoms with Crippen molar-refractivity contribution in [3.05, 3.63) is 0 Å². The topological polar surface area (TPSA) is 24.5 Å². The van der Waals surface area contributed by atoms with Crippen molar-refractivity contribution in [1.29, 1.82) is 0 Å². The minimum Gasteiger partial charge on any atom is -0.385 e. The lowest BCUT2D eigenvalue weighted by Gasteiger charge is -2.33. The van der Waals surface area contributed by atoms with Crippen LogP contribution < -0.4 is 5.32 Å². The summed E-state index contributed by atoms with van der Waals surface area (Å²) in [5, 5.41) is 4.95. The van der Waals surface area contributed by atoms with Crippen molar-refractivity contribution in [1.82, 2.24) is 10.2 Å². The molecule has 1 atom stereocenters. The first-order chi connectivity index (χ1) is 7.77. The largest absolute Gasteiger partial charge is 0.385 e. The molecule has 0 saturated carbocycles. The van der Waals surface area contributed by atoms with Gasteiger partial charge in [0.05, 0.1) is 0 Å². The average Bonchev–Trinajstić information content (AvgIpc) is 2.34. The SMILES string of the molecule is CCC1CN(C(=S)NCCCOC)CCS1. The molecule has 16 heavy (non-hydrogen) atoms. The van der Waals surface area contributed by atoms with Crippen LogP contribution in [0.25, 0.3) is 0 Å². The van der Waals surface area contributed by atoms with Crippen LogP contribution in [0.4, 0.5) is 0 Å². The summed E-state index contributed by atoms with van der Waals surface area (Å²) in [6, 6.07) is 0. The van der Waals surface area contributed by atoms with Crippen LogP contribution in [0, 0.1) is 0 Å². The fraction of sp³-hybridized carbons (Fsp3) is 0.909. The smallest absolute Gasteiger partial charge is 0.168 e. The molecule has 1 unspecified atom stereocenters. The predicted molar refractivity (Wildman–Crippen MR) is 75.2 cm³/mol. The van der Waals surface area contributed by atoms with Crippen molar-refractivity contribution in [3.8, 4) is 0 Å². The number of nitrogens with one attached hydrogen (secondary N) is 1. The number of methoxy groups -OCH3 is 1. The van der Waals surface area contributed by atoms with Gasteiger partial charge in [0, 0.05) is 44.4 Å². The predicted octanol–water partition coefficient (Wildman–Crippen LogP) is 1.72. The van der Waals surface area contributed by atoms with E-state index in [0.29, 0.717) is 0 Å². The standard InChI is InChI=1S/C11H22N2OS2/c1-3-10-9-13(6-8-16-10)11(15)12-5-4-7-14-2/h10H,3-9H2,1-2H3,(H,12,15). The van der Waals surface area contributed by atoms with E-state index < -0.39 is 0 Å². The summed E-state index contributed by atoms with van der Waals surface area (Å²) < 4.78 is 5.00. The molecule has 0 aromatic heterocycles. The number of thioether (sulfide) groups is 1. The third-order valence-electron chi connectivity index (χ3n) is 2.68. The van der Waals surface area contributed by atoms with Crippen LogP contribution in [0.15, 0.2) is 0 Å². The van der Waals surface area contributed by atoms with Crippen LogP contribution in [-0.4, -0.2) is 54.4 Å². The first-order valence-electron chi connectivity index (χ1n) is 5.91.